The molecular formula is C18H22N6O4S2. The van der Waals surface area contributed by atoms with E-state index in [0.29, 0.717) is 16.7 Å². The standard InChI is InChI=1S/C18H22N6O4S2/c1-11-8-12(2)24-17(19-11)21-18(22-24)29-10-16(25)20-14-9-13(6-7-15(14)28-5)30(26,27)23(3)4/h6-9H,10H2,1-5H3,(H,20,25). The number of anilines is 1. The summed E-state index contributed by atoms with van der Waals surface area (Å²) >= 11 is 1.15. The maximum absolute atomic E-state index is 12.5. The molecule has 1 amide bonds. The number of carbonyl (C=O) groups excluding carboxylic acids is 1. The van der Waals surface area contributed by atoms with Crippen LogP contribution >= 0.6 is 11.8 Å². The van der Waals surface area contributed by atoms with E-state index in [4.69, 9.17) is 4.74 Å². The number of hydrogen-bond acceptors (Lipinski definition) is 8. The highest BCUT2D eigenvalue weighted by Crippen LogP contribution is 2.29. The first-order valence-electron chi connectivity index (χ1n) is 8.86. The Labute approximate surface area is 178 Å². The second-order valence-corrected chi connectivity index (χ2v) is 9.73. The van der Waals surface area contributed by atoms with Gasteiger partial charge in [-0.1, -0.05) is 11.8 Å². The van der Waals surface area contributed by atoms with Gasteiger partial charge in [0.25, 0.3) is 5.78 Å². The predicted octanol–water partition coefficient (Wildman–Crippen LogP) is 1.73. The van der Waals surface area contributed by atoms with Crippen LogP contribution in [0.2, 0.25) is 0 Å². The highest BCUT2D eigenvalue weighted by atomic mass is 32.2. The van der Waals surface area contributed by atoms with Crippen molar-refractivity contribution in [3.63, 3.8) is 0 Å². The smallest absolute Gasteiger partial charge is 0.253 e. The van der Waals surface area contributed by atoms with E-state index in [1.54, 1.807) is 4.52 Å². The van der Waals surface area contributed by atoms with Crippen LogP contribution in [0.5, 0.6) is 5.75 Å². The molecule has 1 aromatic carbocycles. The Morgan fingerprint density at radius 3 is 2.63 bits per heavy atom. The molecule has 0 saturated heterocycles. The molecule has 0 aliphatic carbocycles. The fraction of sp³-hybridized carbons (Fsp3) is 0.333. The third kappa shape index (κ3) is 4.55. The van der Waals surface area contributed by atoms with E-state index >= 15 is 0 Å². The number of sulfonamides is 1. The largest absolute Gasteiger partial charge is 0.495 e. The minimum Gasteiger partial charge on any atom is -0.495 e. The number of rotatable bonds is 7. The fourth-order valence-electron chi connectivity index (χ4n) is 2.68. The number of nitrogens with one attached hydrogen (secondary N) is 1. The van der Waals surface area contributed by atoms with Crippen molar-refractivity contribution in [3.8, 4) is 5.75 Å². The monoisotopic (exact) mass is 450 g/mol. The molecule has 0 bridgehead atoms. The maximum atomic E-state index is 12.5. The first-order chi connectivity index (χ1) is 14.1. The van der Waals surface area contributed by atoms with Crippen LogP contribution in [0.1, 0.15) is 11.4 Å². The summed E-state index contributed by atoms with van der Waals surface area (Å²) in [6.45, 7) is 3.78. The van der Waals surface area contributed by atoms with Gasteiger partial charge in [-0.3, -0.25) is 4.79 Å². The SMILES string of the molecule is COc1ccc(S(=O)(=O)N(C)C)cc1NC(=O)CSc1nc2nc(C)cc(C)n2n1. The van der Waals surface area contributed by atoms with Crippen molar-refractivity contribution in [3.05, 3.63) is 35.7 Å². The predicted molar refractivity (Wildman–Crippen MR) is 113 cm³/mol. The zero-order valence-corrected chi connectivity index (χ0v) is 18.8. The summed E-state index contributed by atoms with van der Waals surface area (Å²) in [4.78, 5) is 21.2. The average Bonchev–Trinajstić information content (AvgIpc) is 3.09. The molecule has 0 radical (unpaired) electrons. The number of nitrogens with zero attached hydrogens (tertiary/aromatic N) is 5. The number of thioether (sulfide) groups is 1. The molecule has 0 atom stereocenters. The van der Waals surface area contributed by atoms with Crippen LogP contribution in [0.25, 0.3) is 5.78 Å². The summed E-state index contributed by atoms with van der Waals surface area (Å²) in [5.74, 6) is 0.506. The van der Waals surface area contributed by atoms with E-state index in [-0.39, 0.29) is 22.2 Å². The summed E-state index contributed by atoms with van der Waals surface area (Å²) in [6.07, 6.45) is 0. The number of carbonyl (C=O) groups is 1. The molecular weight excluding hydrogens is 428 g/mol. The van der Waals surface area contributed by atoms with Crippen molar-refractivity contribution < 1.29 is 17.9 Å². The van der Waals surface area contributed by atoms with Gasteiger partial charge in [-0.25, -0.2) is 22.2 Å². The van der Waals surface area contributed by atoms with E-state index in [2.05, 4.69) is 20.4 Å². The lowest BCUT2D eigenvalue weighted by molar-refractivity contribution is -0.113. The zero-order chi connectivity index (χ0) is 22.1. The van der Waals surface area contributed by atoms with E-state index in [1.165, 1.54) is 39.4 Å². The van der Waals surface area contributed by atoms with Crippen molar-refractivity contribution in [2.75, 3.05) is 32.3 Å². The van der Waals surface area contributed by atoms with Crippen molar-refractivity contribution in [2.24, 2.45) is 0 Å². The minimum absolute atomic E-state index is 0.0305. The summed E-state index contributed by atoms with van der Waals surface area (Å²) < 4.78 is 32.7. The number of aryl methyl sites for hydroxylation is 2. The van der Waals surface area contributed by atoms with Crippen LogP contribution in [-0.2, 0) is 14.8 Å². The quantitative estimate of drug-likeness (QED) is 0.541. The molecule has 0 fully saturated rings. The molecule has 0 aliphatic rings. The molecule has 1 N–H and O–H groups in total. The molecule has 30 heavy (non-hydrogen) atoms. The third-order valence-electron chi connectivity index (χ3n) is 4.15. The van der Waals surface area contributed by atoms with Crippen LogP contribution in [0, 0.1) is 13.8 Å². The van der Waals surface area contributed by atoms with Gasteiger partial charge in [0, 0.05) is 25.5 Å². The summed E-state index contributed by atoms with van der Waals surface area (Å²) in [7, 11) is 0.674. The summed E-state index contributed by atoms with van der Waals surface area (Å²) in [5.41, 5.74) is 1.99. The average molecular weight is 451 g/mol. The number of amides is 1. The number of benzene rings is 1. The van der Waals surface area contributed by atoms with E-state index in [0.717, 1.165) is 27.5 Å². The normalized spacial score (nSPS) is 11.8. The van der Waals surface area contributed by atoms with Crippen LogP contribution in [0.4, 0.5) is 5.69 Å². The van der Waals surface area contributed by atoms with Crippen LogP contribution in [0.15, 0.2) is 34.3 Å². The molecule has 0 aliphatic heterocycles. The number of fused-ring (bicyclic) bond motifs is 1. The number of hydrogen-bond donors (Lipinski definition) is 1. The molecule has 0 unspecified atom stereocenters. The number of methoxy groups -OCH3 is 1. The van der Waals surface area contributed by atoms with Gasteiger partial charge in [-0.05, 0) is 38.1 Å². The lowest BCUT2D eigenvalue weighted by atomic mass is 10.3. The highest BCUT2D eigenvalue weighted by Gasteiger charge is 2.20. The molecule has 3 rings (SSSR count). The second-order valence-electron chi connectivity index (χ2n) is 6.63. The Balaban J connectivity index is 1.75. The van der Waals surface area contributed by atoms with E-state index in [9.17, 15) is 13.2 Å². The molecule has 0 saturated carbocycles. The molecule has 0 spiro atoms. The van der Waals surface area contributed by atoms with Gasteiger partial charge in [0.05, 0.1) is 23.4 Å². The van der Waals surface area contributed by atoms with Gasteiger partial charge in [-0.2, -0.15) is 4.98 Å². The summed E-state index contributed by atoms with van der Waals surface area (Å²) in [6, 6.07) is 6.19. The fourth-order valence-corrected chi connectivity index (χ4v) is 4.23. The molecule has 3 aromatic rings. The zero-order valence-electron chi connectivity index (χ0n) is 17.2. The minimum atomic E-state index is -3.65. The Kier molecular flexibility index (Phi) is 6.29. The van der Waals surface area contributed by atoms with Gasteiger partial charge in [0.15, 0.2) is 0 Å². The second kappa shape index (κ2) is 8.58. The third-order valence-corrected chi connectivity index (χ3v) is 6.80. The van der Waals surface area contributed by atoms with Gasteiger partial charge in [-0.15, -0.1) is 5.10 Å². The highest BCUT2D eigenvalue weighted by molar-refractivity contribution is 7.99. The van der Waals surface area contributed by atoms with Crippen molar-refractivity contribution >= 4 is 39.2 Å². The number of ether oxygens (including phenoxy) is 1. The molecule has 160 valence electrons. The van der Waals surface area contributed by atoms with Gasteiger partial charge >= 0.3 is 0 Å². The Hall–Kier alpha value is -2.70. The van der Waals surface area contributed by atoms with Crippen LogP contribution in [-0.4, -0.2) is 65.2 Å². The van der Waals surface area contributed by atoms with Crippen LogP contribution < -0.4 is 10.1 Å². The first kappa shape index (κ1) is 22.0. The lowest BCUT2D eigenvalue weighted by Gasteiger charge is -2.15. The van der Waals surface area contributed by atoms with Crippen molar-refractivity contribution in [2.45, 2.75) is 23.9 Å². The van der Waals surface area contributed by atoms with Gasteiger partial charge in [0.1, 0.15) is 5.75 Å². The molecule has 10 nitrogen and oxygen atoms in total. The maximum Gasteiger partial charge on any atom is 0.253 e. The topological polar surface area (TPSA) is 119 Å². The Bertz CT molecular complexity index is 1210. The number of aromatic nitrogens is 4. The van der Waals surface area contributed by atoms with Crippen molar-refractivity contribution in [1.29, 1.82) is 0 Å². The van der Waals surface area contributed by atoms with Crippen LogP contribution in [0.3, 0.4) is 0 Å². The first-order valence-corrected chi connectivity index (χ1v) is 11.3. The van der Waals surface area contributed by atoms with Gasteiger partial charge < -0.3 is 10.1 Å². The summed E-state index contributed by atoms with van der Waals surface area (Å²) in [5, 5.41) is 7.46. The lowest BCUT2D eigenvalue weighted by Crippen LogP contribution is -2.22. The van der Waals surface area contributed by atoms with Gasteiger partial charge in [0.2, 0.25) is 21.1 Å². The molecule has 2 heterocycles. The Morgan fingerprint density at radius 1 is 1.23 bits per heavy atom. The van der Waals surface area contributed by atoms with E-state index < -0.39 is 10.0 Å². The Morgan fingerprint density at radius 2 is 1.97 bits per heavy atom. The van der Waals surface area contributed by atoms with Crippen molar-refractivity contribution in [1.82, 2.24) is 23.9 Å². The molecule has 2 aromatic heterocycles. The molecule has 12 heteroatoms. The van der Waals surface area contributed by atoms with E-state index in [1.807, 2.05) is 19.9 Å².